The zero-order valence-corrected chi connectivity index (χ0v) is 78.8. The van der Waals surface area contributed by atoms with Gasteiger partial charge in [0.2, 0.25) is 0 Å². The zero-order chi connectivity index (χ0) is 97.2. The number of alkyl halides is 2. The van der Waals surface area contributed by atoms with Crippen LogP contribution in [0.4, 0.5) is 47.5 Å². The van der Waals surface area contributed by atoms with E-state index in [1.165, 1.54) is 69.9 Å². The highest BCUT2D eigenvalue weighted by Gasteiger charge is 2.41. The van der Waals surface area contributed by atoms with E-state index in [9.17, 15) is 63.4 Å². The lowest BCUT2D eigenvalue weighted by atomic mass is 10.0. The number of carbonyl (C=O) groups is 6. The summed E-state index contributed by atoms with van der Waals surface area (Å²) in [4.78, 5) is 92.2. The molecule has 6 aliphatic heterocycles. The maximum absolute atomic E-state index is 15.0. The van der Waals surface area contributed by atoms with E-state index in [1.807, 2.05) is 116 Å². The molecule has 37 heteroatoms. The highest BCUT2D eigenvalue weighted by Crippen LogP contribution is 2.38. The number of hydrogen-bond donors (Lipinski definition) is 5. The number of amides is 4. The Morgan fingerprint density at radius 1 is 0.493 bits per heavy atom. The molecule has 0 unspecified atom stereocenters. The molecular formula is C99H110Cl3F2N21O11. The molecule has 0 saturated carbocycles. The molecule has 13 heterocycles. The van der Waals surface area contributed by atoms with E-state index in [-0.39, 0.29) is 98.4 Å². The van der Waals surface area contributed by atoms with Crippen LogP contribution in [0.25, 0.3) is 28.2 Å². The number of ether oxygens (including phenoxy) is 2. The number of anilines is 5. The number of ketones is 2. The number of nitrogens with two attached hydrogens (primary N) is 1. The van der Waals surface area contributed by atoms with Crippen molar-refractivity contribution in [2.24, 2.45) is 0 Å². The van der Waals surface area contributed by atoms with Crippen molar-refractivity contribution in [2.45, 2.75) is 168 Å². The molecule has 0 bridgehead atoms. The number of nitrogen functional groups attached to an aromatic ring is 1. The Kier molecular flexibility index (Phi) is 35.7. The molecule has 12 aromatic rings. The number of nitriles is 2. The third-order valence-electron chi connectivity index (χ3n) is 22.2. The summed E-state index contributed by atoms with van der Waals surface area (Å²) >= 11 is 16.8. The summed E-state index contributed by atoms with van der Waals surface area (Å²) in [6.45, 7) is 18.7. The first-order chi connectivity index (χ1) is 65.3. The van der Waals surface area contributed by atoms with Crippen molar-refractivity contribution in [3.63, 3.8) is 0 Å². The fourth-order valence-electron chi connectivity index (χ4n) is 15.3. The number of benzene rings is 5. The second kappa shape index (κ2) is 47.9. The number of imide groups is 2. The van der Waals surface area contributed by atoms with Crippen LogP contribution in [-0.2, 0) is 51.8 Å². The molecule has 6 aliphatic rings. The molecule has 0 radical (unpaired) electrons. The van der Waals surface area contributed by atoms with Gasteiger partial charge in [0, 0.05) is 139 Å². The van der Waals surface area contributed by atoms with Gasteiger partial charge in [-0.05, 0) is 139 Å². The third-order valence-corrected chi connectivity index (χ3v) is 22.9. The van der Waals surface area contributed by atoms with E-state index in [4.69, 9.17) is 50.0 Å². The normalized spacial score (nSPS) is 14.9. The van der Waals surface area contributed by atoms with Crippen molar-refractivity contribution < 1.29 is 62.3 Å². The molecule has 0 atom stereocenters. The molecule has 6 N–H and O–H groups in total. The number of hydrogen-bond acceptors (Lipinski definition) is 25. The summed E-state index contributed by atoms with van der Waals surface area (Å²) in [6, 6.07) is 55.4. The lowest BCUT2D eigenvalue weighted by Crippen LogP contribution is -2.37. The van der Waals surface area contributed by atoms with Crippen LogP contribution in [0.2, 0.25) is 5.02 Å². The number of piperidine rings is 4. The molecular weight excluding hydrogens is 1800 g/mol. The van der Waals surface area contributed by atoms with E-state index >= 15 is 0 Å². The minimum absolute atomic E-state index is 0.000357. The predicted octanol–water partition coefficient (Wildman–Crippen LogP) is 15.8. The number of aliphatic hydroxyl groups is 3. The van der Waals surface area contributed by atoms with Gasteiger partial charge in [-0.2, -0.15) is 36.0 Å². The highest BCUT2D eigenvalue weighted by molar-refractivity contribution is 6.35. The number of rotatable bonds is 17. The van der Waals surface area contributed by atoms with Crippen LogP contribution in [0.3, 0.4) is 0 Å². The number of nitrogens with one attached hydrogen (secondary N) is 1. The number of H-pyrrole nitrogens is 1. The first-order valence-electron chi connectivity index (χ1n) is 44.7. The van der Waals surface area contributed by atoms with Gasteiger partial charge in [0.15, 0.2) is 17.5 Å². The molecule has 4 fully saturated rings. The monoisotopic (exact) mass is 1910 g/mol. The Hall–Kier alpha value is -13.7. The maximum atomic E-state index is 15.0. The number of fused-ring (bicyclic) bond motifs is 2. The van der Waals surface area contributed by atoms with Gasteiger partial charge < -0.3 is 50.1 Å². The number of aromatic amines is 1. The quantitative estimate of drug-likeness (QED) is 0.0529. The van der Waals surface area contributed by atoms with E-state index < -0.39 is 46.8 Å². The van der Waals surface area contributed by atoms with Crippen LogP contribution in [-0.4, -0.2) is 214 Å². The summed E-state index contributed by atoms with van der Waals surface area (Å²) in [5.74, 6) is 3.11. The van der Waals surface area contributed by atoms with Crippen molar-refractivity contribution in [2.75, 3.05) is 89.5 Å². The van der Waals surface area contributed by atoms with E-state index in [2.05, 4.69) is 97.7 Å². The maximum Gasteiger partial charge on any atom is 0.417 e. The van der Waals surface area contributed by atoms with Crippen LogP contribution in [0.1, 0.15) is 166 Å². The Bertz CT molecular complexity index is 6090. The third kappa shape index (κ3) is 28.4. The first kappa shape index (κ1) is 101. The average molecular weight is 1910 g/mol. The topological polar surface area (TPSA) is 400 Å². The van der Waals surface area contributed by atoms with Crippen molar-refractivity contribution in [1.82, 2.24) is 69.1 Å². The second-order valence-corrected chi connectivity index (χ2v) is 35.9. The van der Waals surface area contributed by atoms with Crippen LogP contribution >= 0.6 is 34.8 Å². The smallest absolute Gasteiger partial charge is 0.417 e. The van der Waals surface area contributed by atoms with E-state index in [1.54, 1.807) is 66.1 Å². The highest BCUT2D eigenvalue weighted by atomic mass is 35.5. The lowest BCUT2D eigenvalue weighted by molar-refractivity contribution is -0.119. The standard InChI is InChI=1S/C27H27FN6O4.C19H15ClFN3O3.C15H19N3O.C15H17N3O.C10H11N3.C8H13N3O.C5H8Cl2O/c1-27(2,3)38-26(37)33-15-20-24(25(33)36)21(13-19(30-20)23-16(14-29)5-4-6-18(23)28)34-12-9-22(31-34)32-10-7-17(35)8-11-32;1-19(2,3)27-18(26)24-9-14-16(17(24)25)11(20)7-13(23-14)15-10(8-22)5-4-6-12(15)21;2*19-14-6-9-17(10-7-14)15-8-11-18(16-15)12-13-4-2-1-3-5-13;11-10-6-7-13(12-10)8-9-4-2-1-3-5-9;12-7-2-5-11(6-3-7)8-1-4-9-10-8;6-3-1-5(8)2-4-7/h4-6,9,12-13,17,35H,7-8,10-11,15H2,1-3H3;4-7H,9H2,1-3H3;1-5,8,11,14,19H,6-7,9-10,12H2;1-5,8,11H,6-7,9-10,12H2;1-7H,8H2,(H2,11,12);1,4,7,12H,2-3,5-6H2,(H,9,10);1-4H2. The number of Topliss-reactive ketones (excluding diaryl/α,β-unsaturated/α-hetero) is 2. The van der Waals surface area contributed by atoms with Crippen molar-refractivity contribution in [3.05, 3.63) is 268 Å². The second-order valence-electron chi connectivity index (χ2n) is 34.7. The molecule has 4 amide bonds. The van der Waals surface area contributed by atoms with Crippen LogP contribution in [0.15, 0.2) is 201 Å². The number of aliphatic hydroxyl groups excluding tert-OH is 3. The predicted molar refractivity (Wildman–Crippen MR) is 514 cm³/mol. The van der Waals surface area contributed by atoms with Gasteiger partial charge >= 0.3 is 12.2 Å². The summed E-state index contributed by atoms with van der Waals surface area (Å²) in [7, 11) is 0. The van der Waals surface area contributed by atoms with Crippen LogP contribution in [0, 0.1) is 34.3 Å². The summed E-state index contributed by atoms with van der Waals surface area (Å²) in [6.07, 6.45) is 13.9. The molecule has 712 valence electrons. The molecule has 5 aromatic carbocycles. The van der Waals surface area contributed by atoms with E-state index in [0.29, 0.717) is 86.5 Å². The average Bonchev–Trinajstić information content (AvgIpc) is 1.59. The summed E-state index contributed by atoms with van der Waals surface area (Å²) in [5, 5.41) is 72.3. The molecule has 7 aromatic heterocycles. The summed E-state index contributed by atoms with van der Waals surface area (Å²) < 4.78 is 47.1. The summed E-state index contributed by atoms with van der Waals surface area (Å²) in [5.41, 5.74) is 9.06. The van der Waals surface area contributed by atoms with Gasteiger partial charge in [0.25, 0.3) is 11.8 Å². The minimum Gasteiger partial charge on any atom is -0.443 e. The number of aromatic nitrogens is 12. The van der Waals surface area contributed by atoms with Gasteiger partial charge in [0.05, 0.1) is 136 Å². The van der Waals surface area contributed by atoms with Crippen molar-refractivity contribution in [1.29, 1.82) is 10.5 Å². The number of nitrogens with zero attached hydrogens (tertiary/aromatic N) is 19. The molecule has 32 nitrogen and oxygen atoms in total. The number of carbonyl (C=O) groups excluding carboxylic acids is 6. The minimum atomic E-state index is -0.818. The molecule has 18 rings (SSSR count). The van der Waals surface area contributed by atoms with Crippen molar-refractivity contribution in [3.8, 4) is 40.3 Å². The molecule has 0 aliphatic carbocycles. The van der Waals surface area contributed by atoms with Gasteiger partial charge in [0.1, 0.15) is 46.0 Å². The van der Waals surface area contributed by atoms with Gasteiger partial charge in [-0.3, -0.25) is 38.3 Å². The van der Waals surface area contributed by atoms with Gasteiger partial charge in [-0.25, -0.2) is 42.8 Å². The van der Waals surface area contributed by atoms with Crippen molar-refractivity contribution >= 4 is 99.5 Å². The SMILES string of the molecule is CC(C)(C)OC(=O)N1Cc2nc(-c3c(F)cccc3C#N)cc(-n3ccc(N4CCC(O)CC4)n3)c2C1=O.CC(C)(C)OC(=O)N1Cc2nc(-c3c(F)cccc3C#N)cc(Cl)c2C1=O.Nc1ccn(Cc2ccccc2)n1.O=C(CCCl)CCCl.O=C1CCN(c2ccn(Cc3ccccc3)n2)CC1.OC1CCN(c2ccn(Cc3ccccc3)n2)CC1.OC1CCN(c2ccn[nH]2)CC1. The number of halogens is 5. The Morgan fingerprint density at radius 3 is 1.30 bits per heavy atom. The first-order valence-corrected chi connectivity index (χ1v) is 46.2. The van der Waals surface area contributed by atoms with Crippen LogP contribution < -0.4 is 25.3 Å². The lowest BCUT2D eigenvalue weighted by Gasteiger charge is -2.29. The van der Waals surface area contributed by atoms with Crippen LogP contribution in [0.5, 0.6) is 0 Å². The Labute approximate surface area is 802 Å². The van der Waals surface area contributed by atoms with Gasteiger partial charge in [-0.15, -0.1) is 23.2 Å². The molecule has 0 spiro atoms. The molecule has 4 saturated heterocycles. The Morgan fingerprint density at radius 2 is 0.890 bits per heavy atom. The Balaban J connectivity index is 0.000000150. The fourth-order valence-corrected chi connectivity index (χ4v) is 16.0. The zero-order valence-electron chi connectivity index (χ0n) is 76.5. The molecule has 136 heavy (non-hydrogen) atoms. The largest absolute Gasteiger partial charge is 0.443 e. The number of pyridine rings is 2. The van der Waals surface area contributed by atoms with Gasteiger partial charge in [-0.1, -0.05) is 115 Å². The fraction of sp³-hybridized carbons (Fsp3) is 0.364. The van der Waals surface area contributed by atoms with E-state index in [0.717, 1.165) is 112 Å².